The topological polar surface area (TPSA) is 12.5 Å². The fourth-order valence-electron chi connectivity index (χ4n) is 1.14. The lowest BCUT2D eigenvalue weighted by Gasteiger charge is -2.28. The molecular formula is C7H17NOS. The van der Waals surface area contributed by atoms with Crippen molar-refractivity contribution in [1.29, 1.82) is 0 Å². The van der Waals surface area contributed by atoms with E-state index < -0.39 is 0 Å². The predicted octanol–water partition coefficient (Wildman–Crippen LogP) is 0.537. The summed E-state index contributed by atoms with van der Waals surface area (Å²) in [6.45, 7) is 4.15. The maximum atomic E-state index is 5.25. The zero-order valence-corrected chi connectivity index (χ0v) is 7.73. The number of morpholine rings is 1. The molecule has 0 aromatic rings. The molecule has 10 heavy (non-hydrogen) atoms. The number of hydrogen-bond donors (Lipinski definition) is 1. The van der Waals surface area contributed by atoms with Crippen molar-refractivity contribution in [3.05, 3.63) is 0 Å². The van der Waals surface area contributed by atoms with Gasteiger partial charge in [-0.05, 0) is 12.5 Å². The van der Waals surface area contributed by atoms with Crippen molar-refractivity contribution < 1.29 is 4.74 Å². The van der Waals surface area contributed by atoms with Gasteiger partial charge in [0, 0.05) is 19.0 Å². The molecule has 3 heteroatoms. The lowest BCUT2D eigenvalue weighted by atomic mass is 10.5. The van der Waals surface area contributed by atoms with E-state index in [4.69, 9.17) is 4.74 Å². The molecule has 2 nitrogen and oxygen atoms in total. The Labute approximate surface area is 65.9 Å². The molecule has 1 aliphatic heterocycles. The van der Waals surface area contributed by atoms with E-state index in [1.807, 2.05) is 0 Å². The van der Waals surface area contributed by atoms with Gasteiger partial charge in [0.05, 0.1) is 13.2 Å². The first-order chi connectivity index (χ1) is 4.79. The Bertz CT molecular complexity index is 91.6. The molecule has 0 amide bonds. The first-order valence-electron chi connectivity index (χ1n) is 3.74. The molecule has 0 radical (unpaired) electrons. The van der Waals surface area contributed by atoms with Crippen LogP contribution in [0.1, 0.15) is 0 Å². The van der Waals surface area contributed by atoms with Crippen molar-refractivity contribution in [2.24, 2.45) is 0 Å². The van der Waals surface area contributed by atoms with E-state index in [1.165, 1.54) is 5.88 Å². The maximum Gasteiger partial charge on any atom is 0.0594 e. The van der Waals surface area contributed by atoms with Crippen molar-refractivity contribution in [2.45, 2.75) is 0 Å². The number of rotatable bonds is 2. The summed E-state index contributed by atoms with van der Waals surface area (Å²) in [5.41, 5.74) is 0. The summed E-state index contributed by atoms with van der Waals surface area (Å²) in [4.78, 5) is 2.50. The third-order valence-corrected chi connectivity index (χ3v) is 2.55. The van der Waals surface area contributed by atoms with Crippen LogP contribution in [-0.4, -0.2) is 49.6 Å². The number of ether oxygens (including phenoxy) is 1. The van der Waals surface area contributed by atoms with Gasteiger partial charge in [-0.1, -0.05) is 0 Å². The fraction of sp³-hybridized carbons (Fsp3) is 1.00. The quantitative estimate of drug-likeness (QED) is 0.596. The Balaban J connectivity index is 2.13. The number of nitrogens with zero attached hydrogens (tertiary/aromatic N) is 1. The maximum absolute atomic E-state index is 5.25. The molecule has 0 spiro atoms. The molecule has 62 valence electrons. The SMILES string of the molecule is C[SH](C)CN1CCOCC1. The minimum atomic E-state index is 0.247. The standard InChI is InChI=1S/C7H17NOS/c1-10(2)7-8-3-5-9-6-4-8/h10H,3-7H2,1-2H3. The minimum Gasteiger partial charge on any atom is -0.379 e. The molecule has 0 aromatic heterocycles. The monoisotopic (exact) mass is 163 g/mol. The molecule has 1 fully saturated rings. The van der Waals surface area contributed by atoms with Gasteiger partial charge in [0.15, 0.2) is 0 Å². The van der Waals surface area contributed by atoms with Gasteiger partial charge in [-0.2, -0.15) is 0 Å². The number of thiol groups is 1. The van der Waals surface area contributed by atoms with Crippen molar-refractivity contribution in [3.8, 4) is 0 Å². The summed E-state index contributed by atoms with van der Waals surface area (Å²) in [5, 5.41) is 0. The highest BCUT2D eigenvalue weighted by Crippen LogP contribution is 2.15. The highest BCUT2D eigenvalue weighted by Gasteiger charge is 2.09. The van der Waals surface area contributed by atoms with E-state index >= 15 is 0 Å². The molecule has 1 aliphatic rings. The molecule has 0 saturated carbocycles. The summed E-state index contributed by atoms with van der Waals surface area (Å²) in [5.74, 6) is 1.29. The molecule has 0 unspecified atom stereocenters. The minimum absolute atomic E-state index is 0.247. The number of hydrogen-bond acceptors (Lipinski definition) is 2. The van der Waals surface area contributed by atoms with Crippen LogP contribution in [0.2, 0.25) is 0 Å². The summed E-state index contributed by atoms with van der Waals surface area (Å²) in [6, 6.07) is 0. The predicted molar refractivity (Wildman–Crippen MR) is 48.1 cm³/mol. The second-order valence-electron chi connectivity index (χ2n) is 2.95. The van der Waals surface area contributed by atoms with Crippen LogP contribution < -0.4 is 0 Å². The second-order valence-corrected chi connectivity index (χ2v) is 5.39. The van der Waals surface area contributed by atoms with Gasteiger partial charge in [-0.3, -0.25) is 4.90 Å². The molecule has 1 heterocycles. The van der Waals surface area contributed by atoms with Crippen molar-refractivity contribution in [1.82, 2.24) is 4.90 Å². The van der Waals surface area contributed by atoms with E-state index in [-0.39, 0.29) is 10.9 Å². The van der Waals surface area contributed by atoms with Gasteiger partial charge in [0.2, 0.25) is 0 Å². The first-order valence-corrected chi connectivity index (χ1v) is 6.16. The van der Waals surface area contributed by atoms with Crippen LogP contribution in [0, 0.1) is 0 Å². The average molecular weight is 163 g/mol. The van der Waals surface area contributed by atoms with Crippen molar-refractivity contribution >= 4 is 10.9 Å². The van der Waals surface area contributed by atoms with Gasteiger partial charge in [-0.15, -0.1) is 0 Å². The smallest absolute Gasteiger partial charge is 0.0594 e. The zero-order valence-electron chi connectivity index (χ0n) is 6.84. The summed E-state index contributed by atoms with van der Waals surface area (Å²) in [6.07, 6.45) is 4.65. The average Bonchev–Trinajstić information content (AvgIpc) is 1.88. The Morgan fingerprint density at radius 1 is 1.30 bits per heavy atom. The summed E-state index contributed by atoms with van der Waals surface area (Å²) in [7, 11) is 0.247. The van der Waals surface area contributed by atoms with E-state index in [1.54, 1.807) is 0 Å². The van der Waals surface area contributed by atoms with E-state index in [0.29, 0.717) is 0 Å². The molecule has 1 saturated heterocycles. The Morgan fingerprint density at radius 2 is 1.90 bits per heavy atom. The van der Waals surface area contributed by atoms with Gasteiger partial charge in [0.25, 0.3) is 0 Å². The van der Waals surface area contributed by atoms with Crippen LogP contribution in [0.5, 0.6) is 0 Å². The third-order valence-electron chi connectivity index (χ3n) is 1.59. The fourth-order valence-corrected chi connectivity index (χ4v) is 2.23. The molecule has 0 aliphatic carbocycles. The lowest BCUT2D eigenvalue weighted by molar-refractivity contribution is 0.0472. The van der Waals surface area contributed by atoms with Gasteiger partial charge < -0.3 is 4.74 Å². The van der Waals surface area contributed by atoms with E-state index in [9.17, 15) is 0 Å². The largest absolute Gasteiger partial charge is 0.379 e. The third kappa shape index (κ3) is 2.90. The van der Waals surface area contributed by atoms with Crippen LogP contribution in [0.4, 0.5) is 0 Å². The zero-order chi connectivity index (χ0) is 7.40. The normalized spacial score (nSPS) is 22.8. The highest BCUT2D eigenvalue weighted by molar-refractivity contribution is 8.15. The van der Waals surface area contributed by atoms with Gasteiger partial charge in [0.1, 0.15) is 0 Å². The van der Waals surface area contributed by atoms with Crippen molar-refractivity contribution in [3.63, 3.8) is 0 Å². The van der Waals surface area contributed by atoms with E-state index in [2.05, 4.69) is 17.4 Å². The molecule has 0 bridgehead atoms. The van der Waals surface area contributed by atoms with E-state index in [0.717, 1.165) is 26.3 Å². The van der Waals surface area contributed by atoms with Gasteiger partial charge in [-0.25, -0.2) is 10.9 Å². The highest BCUT2D eigenvalue weighted by atomic mass is 32.2. The molecular weight excluding hydrogens is 146 g/mol. The van der Waals surface area contributed by atoms with Crippen LogP contribution >= 0.6 is 10.9 Å². The summed E-state index contributed by atoms with van der Waals surface area (Å²) >= 11 is 0. The Kier molecular flexibility index (Phi) is 3.52. The molecule has 0 aromatic carbocycles. The van der Waals surface area contributed by atoms with Crippen LogP contribution in [0.25, 0.3) is 0 Å². The van der Waals surface area contributed by atoms with Crippen LogP contribution in [0.15, 0.2) is 0 Å². The molecule has 0 atom stereocenters. The molecule has 1 rings (SSSR count). The first kappa shape index (κ1) is 8.37. The van der Waals surface area contributed by atoms with Crippen LogP contribution in [0.3, 0.4) is 0 Å². The Morgan fingerprint density at radius 3 is 2.40 bits per heavy atom. The lowest BCUT2D eigenvalue weighted by Crippen LogP contribution is -2.36. The van der Waals surface area contributed by atoms with Gasteiger partial charge >= 0.3 is 0 Å². The Hall–Kier alpha value is 0.270. The van der Waals surface area contributed by atoms with Crippen LogP contribution in [-0.2, 0) is 4.74 Å². The second kappa shape index (κ2) is 4.21. The summed E-state index contributed by atoms with van der Waals surface area (Å²) < 4.78 is 5.25. The van der Waals surface area contributed by atoms with Crippen molar-refractivity contribution in [2.75, 3.05) is 44.7 Å². The molecule has 0 N–H and O–H groups in total.